The molecule has 2 atom stereocenters. The van der Waals surface area contributed by atoms with Crippen molar-refractivity contribution < 1.29 is 9.47 Å². The molecule has 0 radical (unpaired) electrons. The van der Waals surface area contributed by atoms with Crippen LogP contribution in [0, 0.1) is 0 Å². The van der Waals surface area contributed by atoms with E-state index in [1.54, 1.807) is 0 Å². The van der Waals surface area contributed by atoms with E-state index in [0.717, 1.165) is 17.9 Å². The van der Waals surface area contributed by atoms with Gasteiger partial charge >= 0.3 is 0 Å². The summed E-state index contributed by atoms with van der Waals surface area (Å²) in [7, 11) is 0. The van der Waals surface area contributed by atoms with Crippen molar-refractivity contribution in [2.45, 2.75) is 39.0 Å². The Bertz CT molecular complexity index is 409. The summed E-state index contributed by atoms with van der Waals surface area (Å²) in [5.41, 5.74) is 1.14. The Morgan fingerprint density at radius 1 is 1.39 bits per heavy atom. The van der Waals surface area contributed by atoms with Gasteiger partial charge in [0.15, 0.2) is 0 Å². The summed E-state index contributed by atoms with van der Waals surface area (Å²) in [5, 5.41) is 4.15. The van der Waals surface area contributed by atoms with Crippen LogP contribution in [0.4, 0.5) is 0 Å². The van der Waals surface area contributed by atoms with Gasteiger partial charge in [-0.15, -0.1) is 0 Å². The second kappa shape index (κ2) is 5.91. The quantitative estimate of drug-likeness (QED) is 0.914. The molecule has 0 saturated carbocycles. The largest absolute Gasteiger partial charge is 0.489 e. The summed E-state index contributed by atoms with van der Waals surface area (Å²) in [5.74, 6) is 0.736. The number of hydrogen-bond acceptors (Lipinski definition) is 3. The van der Waals surface area contributed by atoms with Crippen LogP contribution in [-0.2, 0) is 4.74 Å². The molecule has 1 aliphatic rings. The summed E-state index contributed by atoms with van der Waals surface area (Å²) in [6, 6.07) is 6.51. The smallest absolute Gasteiger partial charge is 0.138 e. The van der Waals surface area contributed by atoms with Crippen LogP contribution in [0.2, 0.25) is 5.02 Å². The van der Waals surface area contributed by atoms with Gasteiger partial charge in [0, 0.05) is 6.04 Å². The number of benzene rings is 1. The highest BCUT2D eigenvalue weighted by molar-refractivity contribution is 6.32. The van der Waals surface area contributed by atoms with Crippen molar-refractivity contribution in [3.05, 3.63) is 28.8 Å². The zero-order chi connectivity index (χ0) is 13.1. The summed E-state index contributed by atoms with van der Waals surface area (Å²) in [6.45, 7) is 7.54. The van der Waals surface area contributed by atoms with Crippen molar-refractivity contribution in [2.75, 3.05) is 13.2 Å². The van der Waals surface area contributed by atoms with Gasteiger partial charge < -0.3 is 14.8 Å². The molecule has 1 N–H and O–H groups in total. The molecular weight excluding hydrogens is 250 g/mol. The molecule has 0 aliphatic carbocycles. The van der Waals surface area contributed by atoms with Crippen LogP contribution in [-0.4, -0.2) is 25.4 Å². The fourth-order valence-corrected chi connectivity index (χ4v) is 2.31. The van der Waals surface area contributed by atoms with Crippen molar-refractivity contribution in [3.8, 4) is 5.75 Å². The molecule has 1 aromatic rings. The van der Waals surface area contributed by atoms with E-state index in [0.29, 0.717) is 17.7 Å². The molecule has 0 bridgehead atoms. The van der Waals surface area contributed by atoms with Crippen LogP contribution in [0.25, 0.3) is 0 Å². The minimum Gasteiger partial charge on any atom is -0.489 e. The van der Waals surface area contributed by atoms with Gasteiger partial charge in [0.2, 0.25) is 0 Å². The Balaban J connectivity index is 2.12. The summed E-state index contributed by atoms with van der Waals surface area (Å²) < 4.78 is 11.2. The molecule has 3 nitrogen and oxygen atoms in total. The number of morpholine rings is 1. The van der Waals surface area contributed by atoms with E-state index in [2.05, 4.69) is 12.2 Å². The maximum absolute atomic E-state index is 6.24. The molecule has 0 aromatic heterocycles. The Kier molecular flexibility index (Phi) is 4.49. The standard InChI is InChI=1S/C14H20ClNO2/c1-9(2)18-14-5-4-11(6-12(14)15)13-8-17-7-10(3)16-13/h4-6,9-10,13,16H,7-8H2,1-3H3. The minimum absolute atomic E-state index is 0.129. The lowest BCUT2D eigenvalue weighted by atomic mass is 10.1. The fraction of sp³-hybridized carbons (Fsp3) is 0.571. The highest BCUT2D eigenvalue weighted by atomic mass is 35.5. The van der Waals surface area contributed by atoms with E-state index in [1.807, 2.05) is 32.0 Å². The molecule has 1 saturated heterocycles. The third-order valence-corrected chi connectivity index (χ3v) is 3.15. The Morgan fingerprint density at radius 2 is 2.17 bits per heavy atom. The van der Waals surface area contributed by atoms with Crippen LogP contribution < -0.4 is 10.1 Å². The third kappa shape index (κ3) is 3.37. The topological polar surface area (TPSA) is 30.5 Å². The average molecular weight is 270 g/mol. The molecule has 100 valence electrons. The van der Waals surface area contributed by atoms with Gasteiger partial charge in [-0.05, 0) is 38.5 Å². The van der Waals surface area contributed by atoms with E-state index in [1.165, 1.54) is 0 Å². The molecule has 18 heavy (non-hydrogen) atoms. The van der Waals surface area contributed by atoms with Crippen molar-refractivity contribution in [1.29, 1.82) is 0 Å². The first-order valence-electron chi connectivity index (χ1n) is 6.36. The predicted molar refractivity (Wildman–Crippen MR) is 73.4 cm³/mol. The monoisotopic (exact) mass is 269 g/mol. The maximum Gasteiger partial charge on any atom is 0.138 e. The summed E-state index contributed by atoms with van der Waals surface area (Å²) in [4.78, 5) is 0. The number of halogens is 1. The average Bonchev–Trinajstić information content (AvgIpc) is 2.31. The highest BCUT2D eigenvalue weighted by Gasteiger charge is 2.20. The van der Waals surface area contributed by atoms with Crippen molar-refractivity contribution >= 4 is 11.6 Å². The van der Waals surface area contributed by atoms with E-state index in [4.69, 9.17) is 21.1 Å². The van der Waals surface area contributed by atoms with E-state index < -0.39 is 0 Å². The molecule has 1 aromatic carbocycles. The fourth-order valence-electron chi connectivity index (χ4n) is 2.08. The van der Waals surface area contributed by atoms with Crippen LogP contribution >= 0.6 is 11.6 Å². The minimum atomic E-state index is 0.129. The van der Waals surface area contributed by atoms with Gasteiger partial charge in [-0.3, -0.25) is 0 Å². The number of nitrogens with one attached hydrogen (secondary N) is 1. The zero-order valence-electron chi connectivity index (χ0n) is 11.1. The van der Waals surface area contributed by atoms with Gasteiger partial charge in [-0.2, -0.15) is 0 Å². The lowest BCUT2D eigenvalue weighted by Crippen LogP contribution is -2.41. The second-order valence-corrected chi connectivity index (χ2v) is 5.42. The van der Waals surface area contributed by atoms with Crippen molar-refractivity contribution in [3.63, 3.8) is 0 Å². The lowest BCUT2D eigenvalue weighted by molar-refractivity contribution is 0.0504. The summed E-state index contributed by atoms with van der Waals surface area (Å²) >= 11 is 6.24. The first kappa shape index (κ1) is 13.7. The predicted octanol–water partition coefficient (Wildman–Crippen LogP) is 3.18. The first-order chi connectivity index (χ1) is 8.56. The molecular formula is C14H20ClNO2. The third-order valence-electron chi connectivity index (χ3n) is 2.86. The highest BCUT2D eigenvalue weighted by Crippen LogP contribution is 2.29. The lowest BCUT2D eigenvalue weighted by Gasteiger charge is -2.29. The molecule has 1 aliphatic heterocycles. The molecule has 2 unspecified atom stereocenters. The Hall–Kier alpha value is -0.770. The number of ether oxygens (including phenoxy) is 2. The van der Waals surface area contributed by atoms with E-state index in [-0.39, 0.29) is 12.1 Å². The van der Waals surface area contributed by atoms with Crippen molar-refractivity contribution in [2.24, 2.45) is 0 Å². The Morgan fingerprint density at radius 3 is 2.78 bits per heavy atom. The maximum atomic E-state index is 6.24. The van der Waals surface area contributed by atoms with Gasteiger partial charge in [0.25, 0.3) is 0 Å². The molecule has 0 spiro atoms. The molecule has 2 rings (SSSR count). The van der Waals surface area contributed by atoms with E-state index >= 15 is 0 Å². The zero-order valence-corrected chi connectivity index (χ0v) is 11.8. The second-order valence-electron chi connectivity index (χ2n) is 5.01. The van der Waals surface area contributed by atoms with E-state index in [9.17, 15) is 0 Å². The van der Waals surface area contributed by atoms with Crippen LogP contribution in [0.1, 0.15) is 32.4 Å². The van der Waals surface area contributed by atoms with Crippen LogP contribution in [0.15, 0.2) is 18.2 Å². The SMILES string of the molecule is CC1COCC(c2ccc(OC(C)C)c(Cl)c2)N1. The summed E-state index contributed by atoms with van der Waals surface area (Å²) in [6.07, 6.45) is 0.129. The molecule has 0 amide bonds. The molecule has 4 heteroatoms. The number of rotatable bonds is 3. The Labute approximate surface area is 113 Å². The molecule has 1 fully saturated rings. The van der Waals surface area contributed by atoms with Crippen LogP contribution in [0.3, 0.4) is 0 Å². The van der Waals surface area contributed by atoms with Gasteiger partial charge in [-0.25, -0.2) is 0 Å². The van der Waals surface area contributed by atoms with Crippen LogP contribution in [0.5, 0.6) is 5.75 Å². The van der Waals surface area contributed by atoms with Gasteiger partial charge in [-0.1, -0.05) is 17.7 Å². The number of hydrogen-bond donors (Lipinski definition) is 1. The van der Waals surface area contributed by atoms with Gasteiger partial charge in [0.1, 0.15) is 5.75 Å². The van der Waals surface area contributed by atoms with Gasteiger partial charge in [0.05, 0.1) is 30.4 Å². The first-order valence-corrected chi connectivity index (χ1v) is 6.74. The van der Waals surface area contributed by atoms with Crippen molar-refractivity contribution in [1.82, 2.24) is 5.32 Å². The molecule has 1 heterocycles. The normalized spacial score (nSPS) is 24.3.